The van der Waals surface area contributed by atoms with Crippen molar-refractivity contribution in [2.24, 2.45) is 0 Å². The summed E-state index contributed by atoms with van der Waals surface area (Å²) in [4.78, 5) is 16.7. The number of hydrogen-bond acceptors (Lipinski definition) is 4. The van der Waals surface area contributed by atoms with Crippen molar-refractivity contribution >= 4 is 17.2 Å². The van der Waals surface area contributed by atoms with Gasteiger partial charge in [0.2, 0.25) is 0 Å². The van der Waals surface area contributed by atoms with E-state index in [2.05, 4.69) is 10.7 Å². The second-order valence-corrected chi connectivity index (χ2v) is 7.30. The molecule has 0 saturated heterocycles. The molecule has 128 valence electrons. The Morgan fingerprint density at radius 1 is 1.25 bits per heavy atom. The summed E-state index contributed by atoms with van der Waals surface area (Å²) in [7, 11) is 0. The van der Waals surface area contributed by atoms with Gasteiger partial charge in [-0.3, -0.25) is 4.79 Å². The summed E-state index contributed by atoms with van der Waals surface area (Å²) in [5, 5.41) is 16.1. The summed E-state index contributed by atoms with van der Waals surface area (Å²) in [5.41, 5.74) is 1.84. The molecule has 1 heterocycles. The topological polar surface area (TPSA) is 62.2 Å². The van der Waals surface area contributed by atoms with Gasteiger partial charge in [-0.05, 0) is 18.4 Å². The van der Waals surface area contributed by atoms with Gasteiger partial charge in [-0.1, -0.05) is 49.6 Å². The first-order chi connectivity index (χ1) is 11.7. The molecule has 1 fully saturated rings. The zero-order valence-electron chi connectivity index (χ0n) is 13.8. The standard InChI is InChI=1S/C19H24N2O2S/c22-18(15-9-5-2-6-10-15)19(23)20-12-11-17-21-16(13-24-17)14-7-3-1-4-8-14/h2,5-6,9-10,13-14,18,22H,1,3-4,7-8,11-12H2,(H,20,23). The van der Waals surface area contributed by atoms with Crippen molar-refractivity contribution in [3.05, 3.63) is 52.0 Å². The normalized spacial score (nSPS) is 16.7. The van der Waals surface area contributed by atoms with Crippen LogP contribution < -0.4 is 5.32 Å². The van der Waals surface area contributed by atoms with E-state index in [4.69, 9.17) is 4.98 Å². The van der Waals surface area contributed by atoms with Crippen LogP contribution in [0.1, 0.15) is 60.4 Å². The Bertz CT molecular complexity index is 650. The Hall–Kier alpha value is -1.72. The Morgan fingerprint density at radius 2 is 2.00 bits per heavy atom. The van der Waals surface area contributed by atoms with Crippen LogP contribution in [0.25, 0.3) is 0 Å². The average Bonchev–Trinajstić information content (AvgIpc) is 3.11. The van der Waals surface area contributed by atoms with Crippen LogP contribution in [-0.2, 0) is 11.2 Å². The first-order valence-corrected chi connectivity index (χ1v) is 9.57. The minimum atomic E-state index is -1.11. The number of aromatic nitrogens is 1. The minimum Gasteiger partial charge on any atom is -0.378 e. The van der Waals surface area contributed by atoms with Crippen LogP contribution in [0.4, 0.5) is 0 Å². The molecule has 1 amide bonds. The minimum absolute atomic E-state index is 0.356. The molecule has 1 aliphatic rings. The zero-order chi connectivity index (χ0) is 16.8. The van der Waals surface area contributed by atoms with E-state index in [-0.39, 0.29) is 5.91 Å². The van der Waals surface area contributed by atoms with Crippen LogP contribution in [0.5, 0.6) is 0 Å². The maximum absolute atomic E-state index is 12.0. The number of carbonyl (C=O) groups is 1. The molecule has 0 spiro atoms. The van der Waals surface area contributed by atoms with Crippen LogP contribution in [0.15, 0.2) is 35.7 Å². The van der Waals surface area contributed by atoms with Gasteiger partial charge < -0.3 is 10.4 Å². The summed E-state index contributed by atoms with van der Waals surface area (Å²) < 4.78 is 0. The van der Waals surface area contributed by atoms with Crippen molar-refractivity contribution in [1.29, 1.82) is 0 Å². The maximum Gasteiger partial charge on any atom is 0.253 e. The van der Waals surface area contributed by atoms with E-state index in [9.17, 15) is 9.90 Å². The van der Waals surface area contributed by atoms with Crippen molar-refractivity contribution in [2.45, 2.75) is 50.5 Å². The van der Waals surface area contributed by atoms with Crippen LogP contribution >= 0.6 is 11.3 Å². The smallest absolute Gasteiger partial charge is 0.253 e. The van der Waals surface area contributed by atoms with Gasteiger partial charge in [-0.2, -0.15) is 0 Å². The molecule has 1 aromatic carbocycles. The lowest BCUT2D eigenvalue weighted by molar-refractivity contribution is -0.129. The van der Waals surface area contributed by atoms with Crippen molar-refractivity contribution in [1.82, 2.24) is 10.3 Å². The molecule has 5 heteroatoms. The second-order valence-electron chi connectivity index (χ2n) is 6.36. The van der Waals surface area contributed by atoms with E-state index in [1.54, 1.807) is 23.5 Å². The third kappa shape index (κ3) is 4.42. The fourth-order valence-electron chi connectivity index (χ4n) is 3.20. The molecule has 1 unspecified atom stereocenters. The van der Waals surface area contributed by atoms with E-state index in [1.807, 2.05) is 18.2 Å². The highest BCUT2D eigenvalue weighted by atomic mass is 32.1. The van der Waals surface area contributed by atoms with Crippen molar-refractivity contribution in [2.75, 3.05) is 6.54 Å². The number of amides is 1. The lowest BCUT2D eigenvalue weighted by Gasteiger charge is -2.19. The molecule has 2 N–H and O–H groups in total. The Balaban J connectivity index is 1.46. The molecule has 1 aromatic heterocycles. The van der Waals surface area contributed by atoms with Crippen LogP contribution in [0, 0.1) is 0 Å². The SMILES string of the molecule is O=C(NCCc1nc(C2CCCCC2)cs1)C(O)c1ccccc1. The van der Waals surface area contributed by atoms with Gasteiger partial charge in [-0.25, -0.2) is 4.98 Å². The van der Waals surface area contributed by atoms with Gasteiger partial charge >= 0.3 is 0 Å². The Labute approximate surface area is 146 Å². The summed E-state index contributed by atoms with van der Waals surface area (Å²) in [5.74, 6) is 0.267. The molecule has 0 radical (unpaired) electrons. The fraction of sp³-hybridized carbons (Fsp3) is 0.474. The predicted molar refractivity (Wildman–Crippen MR) is 96.1 cm³/mol. The first kappa shape index (κ1) is 17.1. The highest BCUT2D eigenvalue weighted by molar-refractivity contribution is 7.09. The van der Waals surface area contributed by atoms with Gasteiger partial charge in [0.1, 0.15) is 0 Å². The van der Waals surface area contributed by atoms with Crippen LogP contribution in [0.3, 0.4) is 0 Å². The fourth-order valence-corrected chi connectivity index (χ4v) is 4.08. The third-order valence-electron chi connectivity index (χ3n) is 4.59. The van der Waals surface area contributed by atoms with Gasteiger partial charge in [0.05, 0.1) is 10.7 Å². The summed E-state index contributed by atoms with van der Waals surface area (Å²) in [6.45, 7) is 0.500. The molecular formula is C19H24N2O2S. The number of benzene rings is 1. The summed E-state index contributed by atoms with van der Waals surface area (Å²) in [6.07, 6.45) is 6.08. The lowest BCUT2D eigenvalue weighted by Crippen LogP contribution is -2.30. The molecule has 24 heavy (non-hydrogen) atoms. The average molecular weight is 344 g/mol. The number of aliphatic hydroxyl groups excluding tert-OH is 1. The van der Waals surface area contributed by atoms with Crippen molar-refractivity contribution in [3.63, 3.8) is 0 Å². The van der Waals surface area contributed by atoms with Gasteiger partial charge in [0, 0.05) is 24.3 Å². The highest BCUT2D eigenvalue weighted by Gasteiger charge is 2.19. The summed E-state index contributed by atoms with van der Waals surface area (Å²) in [6, 6.07) is 8.99. The molecule has 0 bridgehead atoms. The number of hydrogen-bond donors (Lipinski definition) is 2. The number of aliphatic hydroxyl groups is 1. The molecule has 4 nitrogen and oxygen atoms in total. The van der Waals surface area contributed by atoms with Gasteiger partial charge in [0.15, 0.2) is 6.10 Å². The number of thiazole rings is 1. The largest absolute Gasteiger partial charge is 0.378 e. The summed E-state index contributed by atoms with van der Waals surface area (Å²) >= 11 is 1.67. The van der Waals surface area contributed by atoms with E-state index in [0.29, 0.717) is 24.4 Å². The van der Waals surface area contributed by atoms with Crippen LogP contribution in [-0.4, -0.2) is 22.5 Å². The quantitative estimate of drug-likeness (QED) is 0.842. The molecule has 1 aliphatic carbocycles. The number of carbonyl (C=O) groups excluding carboxylic acids is 1. The molecule has 1 saturated carbocycles. The number of rotatable bonds is 6. The van der Waals surface area contributed by atoms with E-state index in [1.165, 1.54) is 37.8 Å². The maximum atomic E-state index is 12.0. The van der Waals surface area contributed by atoms with E-state index >= 15 is 0 Å². The highest BCUT2D eigenvalue weighted by Crippen LogP contribution is 2.33. The van der Waals surface area contributed by atoms with E-state index < -0.39 is 6.10 Å². The number of nitrogens with one attached hydrogen (secondary N) is 1. The molecule has 3 rings (SSSR count). The molecular weight excluding hydrogens is 320 g/mol. The third-order valence-corrected chi connectivity index (χ3v) is 5.52. The monoisotopic (exact) mass is 344 g/mol. The van der Waals surface area contributed by atoms with E-state index in [0.717, 1.165) is 5.01 Å². The molecule has 2 aromatic rings. The van der Waals surface area contributed by atoms with Crippen LogP contribution in [0.2, 0.25) is 0 Å². The zero-order valence-corrected chi connectivity index (χ0v) is 14.6. The van der Waals surface area contributed by atoms with Gasteiger partial charge in [0.25, 0.3) is 5.91 Å². The Kier molecular flexibility index (Phi) is 5.99. The predicted octanol–water partition coefficient (Wildman–Crippen LogP) is 3.58. The molecule has 0 aliphatic heterocycles. The number of nitrogens with zero attached hydrogens (tertiary/aromatic N) is 1. The van der Waals surface area contributed by atoms with Gasteiger partial charge in [-0.15, -0.1) is 11.3 Å². The van der Waals surface area contributed by atoms with Crippen molar-refractivity contribution in [3.8, 4) is 0 Å². The lowest BCUT2D eigenvalue weighted by atomic mass is 9.87. The second kappa shape index (κ2) is 8.40. The Morgan fingerprint density at radius 3 is 2.75 bits per heavy atom. The molecule has 1 atom stereocenters. The van der Waals surface area contributed by atoms with Crippen molar-refractivity contribution < 1.29 is 9.90 Å². The first-order valence-electron chi connectivity index (χ1n) is 8.69.